The summed E-state index contributed by atoms with van der Waals surface area (Å²) in [6.45, 7) is 4.86. The highest BCUT2D eigenvalue weighted by Crippen LogP contribution is 2.41. The van der Waals surface area contributed by atoms with Crippen molar-refractivity contribution in [3.8, 4) is 0 Å². The summed E-state index contributed by atoms with van der Waals surface area (Å²) < 4.78 is 29.7. The van der Waals surface area contributed by atoms with E-state index in [0.29, 0.717) is 24.1 Å². The van der Waals surface area contributed by atoms with Gasteiger partial charge in [-0.05, 0) is 36.5 Å². The first-order valence-electron chi connectivity index (χ1n) is 9.34. The van der Waals surface area contributed by atoms with Crippen LogP contribution < -0.4 is 4.90 Å². The summed E-state index contributed by atoms with van der Waals surface area (Å²) in [5, 5.41) is 0.508. The zero-order valence-electron chi connectivity index (χ0n) is 15.5. The van der Waals surface area contributed by atoms with Crippen LogP contribution >= 0.6 is 11.8 Å². The van der Waals surface area contributed by atoms with E-state index in [9.17, 15) is 13.2 Å². The number of carbonyl (C=O) groups is 1. The molecular weight excluding hydrogens is 384 g/mol. The molecule has 3 aliphatic heterocycles. The maximum atomic E-state index is 12.5. The van der Waals surface area contributed by atoms with Crippen LogP contribution in [0.3, 0.4) is 0 Å². The average Bonchev–Trinajstić information content (AvgIpc) is 3.29. The van der Waals surface area contributed by atoms with Crippen LogP contribution in [0.25, 0.3) is 0 Å². The molecule has 0 unspecified atom stereocenters. The predicted molar refractivity (Wildman–Crippen MR) is 108 cm³/mol. The molecule has 1 aromatic rings. The summed E-state index contributed by atoms with van der Waals surface area (Å²) in [5.41, 5.74) is 2.10. The number of anilines is 1. The van der Waals surface area contributed by atoms with E-state index in [4.69, 9.17) is 4.74 Å². The number of aliphatic imine (C=N–C) groups is 1. The molecule has 0 spiro atoms. The Kier molecular flexibility index (Phi) is 5.07. The topological polar surface area (TPSA) is 76.0 Å². The molecule has 3 atom stereocenters. The highest BCUT2D eigenvalue weighted by molar-refractivity contribution is 8.16. The van der Waals surface area contributed by atoms with Crippen molar-refractivity contribution in [2.24, 2.45) is 4.99 Å². The molecule has 27 heavy (non-hydrogen) atoms. The predicted octanol–water partition coefficient (Wildman–Crippen LogP) is 2.59. The maximum Gasteiger partial charge on any atom is 0.277 e. The van der Waals surface area contributed by atoms with Crippen molar-refractivity contribution in [2.45, 2.75) is 50.0 Å². The number of hydrogen-bond acceptors (Lipinski definition) is 5. The quantitative estimate of drug-likeness (QED) is 0.765. The summed E-state index contributed by atoms with van der Waals surface area (Å²) in [7, 11) is -3.06. The standard InChI is InChI=1S/C19H24N2O4S2/c1-12(2)13-5-7-14(8-6-13)21-15-10-27(23,24)11-17(15)26-19(21)20-18(22)16-4-3-9-25-16/h5-8,12,15-17H,3-4,9-11H2,1-2H3/t15-,16-,17-/m0/s1. The van der Waals surface area contributed by atoms with E-state index in [1.165, 1.54) is 17.3 Å². The van der Waals surface area contributed by atoms with Gasteiger partial charge >= 0.3 is 0 Å². The van der Waals surface area contributed by atoms with Crippen molar-refractivity contribution in [3.63, 3.8) is 0 Å². The maximum absolute atomic E-state index is 12.5. The monoisotopic (exact) mass is 408 g/mol. The van der Waals surface area contributed by atoms with E-state index < -0.39 is 15.9 Å². The first-order valence-corrected chi connectivity index (χ1v) is 12.0. The fourth-order valence-corrected chi connectivity index (χ4v) is 7.74. The Morgan fingerprint density at radius 1 is 1.26 bits per heavy atom. The number of thioether (sulfide) groups is 1. The minimum absolute atomic E-state index is 0.0872. The van der Waals surface area contributed by atoms with E-state index in [1.807, 2.05) is 17.0 Å². The molecule has 3 heterocycles. The van der Waals surface area contributed by atoms with Gasteiger partial charge in [-0.25, -0.2) is 8.42 Å². The summed E-state index contributed by atoms with van der Waals surface area (Å²) in [4.78, 5) is 18.8. The fraction of sp³-hybridized carbons (Fsp3) is 0.579. The van der Waals surface area contributed by atoms with Gasteiger partial charge in [0.15, 0.2) is 15.0 Å². The van der Waals surface area contributed by atoms with E-state index in [-0.39, 0.29) is 28.7 Å². The van der Waals surface area contributed by atoms with E-state index >= 15 is 0 Å². The lowest BCUT2D eigenvalue weighted by atomic mass is 10.0. The molecule has 0 N–H and O–H groups in total. The highest BCUT2D eigenvalue weighted by atomic mass is 32.2. The van der Waals surface area contributed by atoms with Gasteiger partial charge in [-0.2, -0.15) is 4.99 Å². The first kappa shape index (κ1) is 19.0. The molecule has 0 radical (unpaired) electrons. The van der Waals surface area contributed by atoms with Crippen molar-refractivity contribution < 1.29 is 17.9 Å². The van der Waals surface area contributed by atoms with Gasteiger partial charge in [0.05, 0.1) is 17.5 Å². The molecule has 146 valence electrons. The lowest BCUT2D eigenvalue weighted by Crippen LogP contribution is -2.38. The zero-order chi connectivity index (χ0) is 19.2. The molecule has 4 rings (SSSR count). The molecule has 0 aliphatic carbocycles. The van der Waals surface area contributed by atoms with E-state index in [1.54, 1.807) is 0 Å². The van der Waals surface area contributed by atoms with Gasteiger partial charge < -0.3 is 9.64 Å². The second kappa shape index (κ2) is 7.22. The van der Waals surface area contributed by atoms with Crippen LogP contribution in [0.1, 0.15) is 38.2 Å². The van der Waals surface area contributed by atoms with Gasteiger partial charge in [0.1, 0.15) is 6.10 Å². The Morgan fingerprint density at radius 2 is 2.00 bits per heavy atom. The Labute approximate surface area is 164 Å². The number of fused-ring (bicyclic) bond motifs is 1. The molecule has 0 saturated carbocycles. The average molecular weight is 409 g/mol. The van der Waals surface area contributed by atoms with Crippen LogP contribution in [0.5, 0.6) is 0 Å². The molecule has 0 bridgehead atoms. The van der Waals surface area contributed by atoms with Crippen molar-refractivity contribution in [2.75, 3.05) is 23.0 Å². The van der Waals surface area contributed by atoms with Crippen LogP contribution in [-0.4, -0.2) is 55.0 Å². The number of nitrogens with zero attached hydrogens (tertiary/aromatic N) is 2. The van der Waals surface area contributed by atoms with Crippen molar-refractivity contribution in [1.29, 1.82) is 0 Å². The van der Waals surface area contributed by atoms with Crippen molar-refractivity contribution >= 4 is 38.4 Å². The van der Waals surface area contributed by atoms with E-state index in [2.05, 4.69) is 31.0 Å². The molecule has 3 saturated heterocycles. The SMILES string of the molecule is CC(C)c1ccc(N2C(=NC(=O)[C@@H]3CCCO3)S[C@H]3CS(=O)(=O)C[C@@H]32)cc1. The highest BCUT2D eigenvalue weighted by Gasteiger charge is 2.49. The van der Waals surface area contributed by atoms with Crippen molar-refractivity contribution in [3.05, 3.63) is 29.8 Å². The fourth-order valence-electron chi connectivity index (χ4n) is 3.82. The van der Waals surface area contributed by atoms with Gasteiger partial charge in [0.25, 0.3) is 5.91 Å². The number of rotatable bonds is 3. The molecule has 0 aromatic heterocycles. The van der Waals surface area contributed by atoms with E-state index in [0.717, 1.165) is 12.1 Å². The number of ether oxygens (including phenoxy) is 1. The number of amidine groups is 1. The third kappa shape index (κ3) is 3.79. The molecule has 1 aromatic carbocycles. The smallest absolute Gasteiger partial charge is 0.277 e. The van der Waals surface area contributed by atoms with Crippen LogP contribution in [0.2, 0.25) is 0 Å². The number of hydrogen-bond donors (Lipinski definition) is 0. The van der Waals surface area contributed by atoms with Gasteiger partial charge in [0, 0.05) is 17.5 Å². The van der Waals surface area contributed by atoms with Crippen LogP contribution in [0.15, 0.2) is 29.3 Å². The van der Waals surface area contributed by atoms with Crippen molar-refractivity contribution in [1.82, 2.24) is 0 Å². The Balaban J connectivity index is 1.66. The van der Waals surface area contributed by atoms with Gasteiger partial charge in [-0.15, -0.1) is 0 Å². The zero-order valence-corrected chi connectivity index (χ0v) is 17.1. The molecular formula is C19H24N2O4S2. The number of carbonyl (C=O) groups excluding carboxylic acids is 1. The lowest BCUT2D eigenvalue weighted by molar-refractivity contribution is -0.126. The lowest BCUT2D eigenvalue weighted by Gasteiger charge is -2.25. The summed E-state index contributed by atoms with van der Waals surface area (Å²) >= 11 is 1.40. The van der Waals surface area contributed by atoms with Gasteiger partial charge in [-0.3, -0.25) is 4.79 Å². The van der Waals surface area contributed by atoms with Crippen LogP contribution in [0, 0.1) is 0 Å². The third-order valence-electron chi connectivity index (χ3n) is 5.32. The van der Waals surface area contributed by atoms with Crippen LogP contribution in [-0.2, 0) is 19.4 Å². The molecule has 3 fully saturated rings. The summed E-state index contributed by atoms with van der Waals surface area (Å²) in [6, 6.07) is 7.92. The first-order chi connectivity index (χ1) is 12.8. The normalized spacial score (nSPS) is 31.0. The second-order valence-corrected chi connectivity index (χ2v) is 11.0. The van der Waals surface area contributed by atoms with Crippen LogP contribution in [0.4, 0.5) is 5.69 Å². The second-order valence-electron chi connectivity index (χ2n) is 7.65. The van der Waals surface area contributed by atoms with Gasteiger partial charge in [-0.1, -0.05) is 37.7 Å². The molecule has 6 nitrogen and oxygen atoms in total. The summed E-state index contributed by atoms with van der Waals surface area (Å²) in [6.07, 6.45) is 1.11. The molecule has 1 amide bonds. The van der Waals surface area contributed by atoms with Gasteiger partial charge in [0.2, 0.25) is 0 Å². The number of amides is 1. The number of sulfone groups is 1. The number of benzene rings is 1. The molecule has 8 heteroatoms. The minimum Gasteiger partial charge on any atom is -0.368 e. The Hall–Kier alpha value is -1.38. The molecule has 3 aliphatic rings. The summed E-state index contributed by atoms with van der Waals surface area (Å²) in [5.74, 6) is 0.391. The third-order valence-corrected chi connectivity index (χ3v) is 8.53. The minimum atomic E-state index is -3.06. The largest absolute Gasteiger partial charge is 0.368 e. The Bertz CT molecular complexity index is 858. The Morgan fingerprint density at radius 3 is 2.63 bits per heavy atom.